The second kappa shape index (κ2) is 6.92. The maximum absolute atomic E-state index is 13.0. The maximum Gasteiger partial charge on any atom is 0.251 e. The van der Waals surface area contributed by atoms with E-state index in [9.17, 15) is 9.18 Å². The molecular weight excluding hydrogens is 325 g/mol. The Hall–Kier alpha value is -2.28. The number of carbonyl (C=O) groups excluding carboxylic acids is 1. The van der Waals surface area contributed by atoms with Crippen molar-refractivity contribution < 1.29 is 18.4 Å². The Labute approximate surface area is 145 Å². The van der Waals surface area contributed by atoms with Gasteiger partial charge in [-0.2, -0.15) is 4.98 Å². The van der Waals surface area contributed by atoms with Gasteiger partial charge in [-0.3, -0.25) is 4.79 Å². The van der Waals surface area contributed by atoms with Crippen molar-refractivity contribution >= 4 is 5.91 Å². The van der Waals surface area contributed by atoms with Crippen molar-refractivity contribution in [2.24, 2.45) is 0 Å². The molecule has 0 unspecified atom stereocenters. The van der Waals surface area contributed by atoms with Crippen molar-refractivity contribution in [3.63, 3.8) is 0 Å². The molecule has 2 aliphatic heterocycles. The number of rotatable bonds is 3. The summed E-state index contributed by atoms with van der Waals surface area (Å²) in [7, 11) is 0. The molecule has 1 amide bonds. The van der Waals surface area contributed by atoms with Crippen molar-refractivity contribution in [3.05, 3.63) is 36.0 Å². The van der Waals surface area contributed by atoms with Gasteiger partial charge in [0.25, 0.3) is 5.91 Å². The lowest BCUT2D eigenvalue weighted by Gasteiger charge is -2.31. The Morgan fingerprint density at radius 3 is 2.60 bits per heavy atom. The van der Waals surface area contributed by atoms with E-state index in [0.717, 1.165) is 31.2 Å². The van der Waals surface area contributed by atoms with Crippen LogP contribution in [0.2, 0.25) is 0 Å². The fourth-order valence-electron chi connectivity index (χ4n) is 3.44. The van der Waals surface area contributed by atoms with E-state index in [1.54, 1.807) is 12.1 Å². The average Bonchev–Trinajstić information content (AvgIpc) is 3.34. The maximum atomic E-state index is 13.0. The van der Waals surface area contributed by atoms with Gasteiger partial charge in [0.05, 0.1) is 0 Å². The monoisotopic (exact) mass is 345 g/mol. The number of ether oxygens (including phenoxy) is 1. The van der Waals surface area contributed by atoms with E-state index < -0.39 is 0 Å². The fourth-order valence-corrected chi connectivity index (χ4v) is 3.44. The highest BCUT2D eigenvalue weighted by molar-refractivity contribution is 5.81. The van der Waals surface area contributed by atoms with E-state index in [0.29, 0.717) is 31.4 Å². The summed E-state index contributed by atoms with van der Waals surface area (Å²) in [5.41, 5.74) is 0.724. The van der Waals surface area contributed by atoms with Crippen LogP contribution in [0, 0.1) is 5.82 Å². The van der Waals surface area contributed by atoms with Crippen LogP contribution in [-0.4, -0.2) is 46.7 Å². The van der Waals surface area contributed by atoms with Gasteiger partial charge in [0.2, 0.25) is 11.7 Å². The topological polar surface area (TPSA) is 68.5 Å². The number of hydrogen-bond donors (Lipinski definition) is 0. The minimum Gasteiger partial charge on any atom is -0.368 e. The van der Waals surface area contributed by atoms with Gasteiger partial charge >= 0.3 is 0 Å². The number of piperidine rings is 1. The van der Waals surface area contributed by atoms with E-state index in [1.807, 2.05) is 4.90 Å². The largest absolute Gasteiger partial charge is 0.368 e. The van der Waals surface area contributed by atoms with E-state index in [-0.39, 0.29) is 23.7 Å². The van der Waals surface area contributed by atoms with Gasteiger partial charge in [-0.05, 0) is 49.9 Å². The van der Waals surface area contributed by atoms with Crippen LogP contribution < -0.4 is 0 Å². The van der Waals surface area contributed by atoms with Crippen molar-refractivity contribution in [2.75, 3.05) is 19.7 Å². The van der Waals surface area contributed by atoms with Crippen molar-refractivity contribution in [1.82, 2.24) is 15.0 Å². The highest BCUT2D eigenvalue weighted by Crippen LogP contribution is 2.29. The lowest BCUT2D eigenvalue weighted by atomic mass is 9.96. The molecule has 4 rings (SSSR count). The molecular formula is C18H20FN3O3. The highest BCUT2D eigenvalue weighted by Gasteiger charge is 2.32. The summed E-state index contributed by atoms with van der Waals surface area (Å²) >= 11 is 0. The first kappa shape index (κ1) is 16.2. The van der Waals surface area contributed by atoms with Gasteiger partial charge in [0.1, 0.15) is 11.9 Å². The predicted molar refractivity (Wildman–Crippen MR) is 87.2 cm³/mol. The predicted octanol–water partition coefficient (Wildman–Crippen LogP) is 2.76. The third-order valence-electron chi connectivity index (χ3n) is 4.91. The average molecular weight is 345 g/mol. The molecule has 1 atom stereocenters. The summed E-state index contributed by atoms with van der Waals surface area (Å²) in [6, 6.07) is 6.01. The minimum atomic E-state index is -0.296. The zero-order chi connectivity index (χ0) is 17.2. The number of benzene rings is 1. The number of hydrogen-bond acceptors (Lipinski definition) is 5. The molecule has 2 fully saturated rings. The number of likely N-dealkylation sites (tertiary alicyclic amines) is 1. The van der Waals surface area contributed by atoms with Gasteiger partial charge in [0.15, 0.2) is 0 Å². The first-order valence-electron chi connectivity index (χ1n) is 8.70. The first-order chi connectivity index (χ1) is 12.2. The van der Waals surface area contributed by atoms with E-state index in [1.165, 1.54) is 12.1 Å². The lowest BCUT2D eigenvalue weighted by molar-refractivity contribution is -0.142. The van der Waals surface area contributed by atoms with Gasteiger partial charge < -0.3 is 14.2 Å². The van der Waals surface area contributed by atoms with E-state index in [2.05, 4.69) is 10.1 Å². The van der Waals surface area contributed by atoms with Crippen LogP contribution in [-0.2, 0) is 9.53 Å². The van der Waals surface area contributed by atoms with Crippen LogP contribution in [0.25, 0.3) is 11.4 Å². The van der Waals surface area contributed by atoms with Crippen molar-refractivity contribution in [1.29, 1.82) is 0 Å². The molecule has 2 aromatic rings. The number of halogens is 1. The SMILES string of the molecule is O=C([C@H]1CCCO1)N1CCC(c2nc(-c3ccc(F)cc3)no2)CC1. The van der Waals surface area contributed by atoms with Gasteiger partial charge in [0, 0.05) is 31.2 Å². The summed E-state index contributed by atoms with van der Waals surface area (Å²) in [6.07, 6.45) is 3.11. The number of nitrogens with zero attached hydrogens (tertiary/aromatic N) is 3. The molecule has 7 heteroatoms. The van der Waals surface area contributed by atoms with Crippen LogP contribution in [0.1, 0.15) is 37.5 Å². The second-order valence-electron chi connectivity index (χ2n) is 6.56. The molecule has 0 bridgehead atoms. The van der Waals surface area contributed by atoms with Crippen LogP contribution in [0.15, 0.2) is 28.8 Å². The molecule has 132 valence electrons. The lowest BCUT2D eigenvalue weighted by Crippen LogP contribution is -2.43. The Bertz CT molecular complexity index is 732. The zero-order valence-electron chi connectivity index (χ0n) is 13.9. The molecule has 2 saturated heterocycles. The summed E-state index contributed by atoms with van der Waals surface area (Å²) < 4.78 is 23.9. The molecule has 0 saturated carbocycles. The second-order valence-corrected chi connectivity index (χ2v) is 6.56. The van der Waals surface area contributed by atoms with Gasteiger partial charge in [-0.1, -0.05) is 5.16 Å². The quantitative estimate of drug-likeness (QED) is 0.856. The normalized spacial score (nSPS) is 21.6. The number of amides is 1. The van der Waals surface area contributed by atoms with E-state index >= 15 is 0 Å². The van der Waals surface area contributed by atoms with Gasteiger partial charge in [-0.25, -0.2) is 4.39 Å². The highest BCUT2D eigenvalue weighted by atomic mass is 19.1. The first-order valence-corrected chi connectivity index (χ1v) is 8.70. The van der Waals surface area contributed by atoms with Gasteiger partial charge in [-0.15, -0.1) is 0 Å². The molecule has 1 aromatic carbocycles. The van der Waals surface area contributed by atoms with E-state index in [4.69, 9.17) is 9.26 Å². The van der Waals surface area contributed by atoms with Crippen LogP contribution in [0.3, 0.4) is 0 Å². The third-order valence-corrected chi connectivity index (χ3v) is 4.91. The number of aromatic nitrogens is 2. The molecule has 3 heterocycles. The number of carbonyl (C=O) groups is 1. The van der Waals surface area contributed by atoms with Crippen molar-refractivity contribution in [2.45, 2.75) is 37.7 Å². The Morgan fingerprint density at radius 1 is 1.16 bits per heavy atom. The summed E-state index contributed by atoms with van der Waals surface area (Å²) in [6.45, 7) is 2.04. The summed E-state index contributed by atoms with van der Waals surface area (Å²) in [5.74, 6) is 1.01. The summed E-state index contributed by atoms with van der Waals surface area (Å²) in [5, 5.41) is 4.00. The Morgan fingerprint density at radius 2 is 1.92 bits per heavy atom. The molecule has 25 heavy (non-hydrogen) atoms. The van der Waals surface area contributed by atoms with Crippen LogP contribution in [0.4, 0.5) is 4.39 Å². The molecule has 0 radical (unpaired) electrons. The molecule has 0 aliphatic carbocycles. The molecule has 0 N–H and O–H groups in total. The van der Waals surface area contributed by atoms with Crippen LogP contribution >= 0.6 is 0 Å². The Kier molecular flexibility index (Phi) is 4.48. The molecule has 0 spiro atoms. The smallest absolute Gasteiger partial charge is 0.251 e. The fraction of sp³-hybridized carbons (Fsp3) is 0.500. The van der Waals surface area contributed by atoms with Crippen LogP contribution in [0.5, 0.6) is 0 Å². The molecule has 6 nitrogen and oxygen atoms in total. The minimum absolute atomic E-state index is 0.105. The third kappa shape index (κ3) is 3.42. The van der Waals surface area contributed by atoms with Crippen molar-refractivity contribution in [3.8, 4) is 11.4 Å². The standard InChI is InChI=1S/C18H20FN3O3/c19-14-5-3-12(4-6-14)16-20-17(25-21-16)13-7-9-22(10-8-13)18(23)15-2-1-11-24-15/h3-6,13,15H,1-2,7-11H2/t15-/m1/s1. The zero-order valence-corrected chi connectivity index (χ0v) is 13.9. The molecule has 1 aromatic heterocycles. The molecule has 2 aliphatic rings. The summed E-state index contributed by atoms with van der Waals surface area (Å²) in [4.78, 5) is 18.7. The Balaban J connectivity index is 1.38.